The maximum atomic E-state index is 12.5. The molecule has 4 rings (SSSR count). The number of nitro groups is 1. The van der Waals surface area contributed by atoms with Gasteiger partial charge in [0.2, 0.25) is 0 Å². The summed E-state index contributed by atoms with van der Waals surface area (Å²) < 4.78 is 5.02. The standard InChI is InChI=1S/C23H20N4O4/c1-13-10-18-19(11-14(13)2)26-22(25-18)15-4-7-17(8-5-15)24-23(28)16-6-9-20(27(29)30)21(12-16)31-3/h4-12H,1-3H3,(H,24,28)(H,25,26). The van der Waals surface area contributed by atoms with Gasteiger partial charge in [-0.3, -0.25) is 14.9 Å². The molecule has 0 saturated carbocycles. The number of hydrogen-bond donors (Lipinski definition) is 2. The molecule has 0 aliphatic heterocycles. The Kier molecular flexibility index (Phi) is 5.12. The first-order chi connectivity index (χ1) is 14.9. The van der Waals surface area contributed by atoms with Gasteiger partial charge in [0, 0.05) is 28.9 Å². The van der Waals surface area contributed by atoms with Crippen molar-refractivity contribution in [3.8, 4) is 17.1 Å². The Morgan fingerprint density at radius 2 is 1.77 bits per heavy atom. The maximum Gasteiger partial charge on any atom is 0.310 e. The van der Waals surface area contributed by atoms with E-state index in [1.54, 1.807) is 12.1 Å². The number of carbonyl (C=O) groups excluding carboxylic acids is 1. The number of nitrogens with one attached hydrogen (secondary N) is 2. The lowest BCUT2D eigenvalue weighted by Crippen LogP contribution is -2.12. The van der Waals surface area contributed by atoms with Crippen LogP contribution in [0.2, 0.25) is 0 Å². The van der Waals surface area contributed by atoms with Crippen molar-refractivity contribution < 1.29 is 14.5 Å². The summed E-state index contributed by atoms with van der Waals surface area (Å²) in [6.07, 6.45) is 0. The van der Waals surface area contributed by atoms with Crippen LogP contribution >= 0.6 is 0 Å². The Balaban J connectivity index is 1.53. The van der Waals surface area contributed by atoms with Crippen LogP contribution < -0.4 is 10.1 Å². The van der Waals surface area contributed by atoms with Crippen LogP contribution in [-0.2, 0) is 0 Å². The van der Waals surface area contributed by atoms with Crippen molar-refractivity contribution in [2.45, 2.75) is 13.8 Å². The molecule has 31 heavy (non-hydrogen) atoms. The molecule has 4 aromatic rings. The van der Waals surface area contributed by atoms with Gasteiger partial charge in [0.1, 0.15) is 5.82 Å². The average molecular weight is 416 g/mol. The lowest BCUT2D eigenvalue weighted by molar-refractivity contribution is -0.385. The van der Waals surface area contributed by atoms with Gasteiger partial charge in [-0.2, -0.15) is 0 Å². The molecule has 3 aromatic carbocycles. The molecule has 0 aliphatic rings. The zero-order valence-electron chi connectivity index (χ0n) is 17.2. The zero-order valence-corrected chi connectivity index (χ0v) is 17.2. The predicted octanol–water partition coefficient (Wildman–Crippen LogP) is 5.02. The van der Waals surface area contributed by atoms with E-state index >= 15 is 0 Å². The third-order valence-electron chi connectivity index (χ3n) is 5.15. The fraction of sp³-hybridized carbons (Fsp3) is 0.130. The highest BCUT2D eigenvalue weighted by Gasteiger charge is 2.17. The average Bonchev–Trinajstić information content (AvgIpc) is 3.16. The van der Waals surface area contributed by atoms with E-state index in [1.165, 1.54) is 36.4 Å². The second-order valence-electron chi connectivity index (χ2n) is 7.21. The normalized spacial score (nSPS) is 10.8. The molecule has 156 valence electrons. The molecule has 2 N–H and O–H groups in total. The van der Waals surface area contributed by atoms with Gasteiger partial charge in [-0.1, -0.05) is 0 Å². The number of nitro benzene ring substituents is 1. The van der Waals surface area contributed by atoms with Crippen LogP contribution in [0.25, 0.3) is 22.4 Å². The second-order valence-corrected chi connectivity index (χ2v) is 7.21. The fourth-order valence-corrected chi connectivity index (χ4v) is 3.29. The SMILES string of the molecule is COc1cc(C(=O)Nc2ccc(-c3nc4cc(C)c(C)cc4[nH]3)cc2)ccc1[N+](=O)[O-]. The van der Waals surface area contributed by atoms with Gasteiger partial charge in [0.15, 0.2) is 5.75 Å². The van der Waals surface area contributed by atoms with E-state index in [2.05, 4.69) is 41.3 Å². The molecule has 1 amide bonds. The molecule has 0 atom stereocenters. The number of fused-ring (bicyclic) bond motifs is 1. The molecule has 0 radical (unpaired) electrons. The Hall–Kier alpha value is -4.20. The number of methoxy groups -OCH3 is 1. The first-order valence-electron chi connectivity index (χ1n) is 9.57. The minimum atomic E-state index is -0.556. The Labute approximate surface area is 178 Å². The van der Waals surface area contributed by atoms with Gasteiger partial charge in [-0.05, 0) is 67.4 Å². The molecule has 0 bridgehead atoms. The van der Waals surface area contributed by atoms with E-state index in [4.69, 9.17) is 4.74 Å². The molecular formula is C23H20N4O4. The van der Waals surface area contributed by atoms with Gasteiger partial charge in [-0.15, -0.1) is 0 Å². The predicted molar refractivity (Wildman–Crippen MR) is 119 cm³/mol. The highest BCUT2D eigenvalue weighted by Crippen LogP contribution is 2.28. The van der Waals surface area contributed by atoms with Crippen LogP contribution in [-0.4, -0.2) is 27.9 Å². The number of ether oxygens (including phenoxy) is 1. The molecule has 0 saturated heterocycles. The summed E-state index contributed by atoms with van der Waals surface area (Å²) in [6, 6.07) is 15.4. The summed E-state index contributed by atoms with van der Waals surface area (Å²) in [4.78, 5) is 31.0. The third-order valence-corrected chi connectivity index (χ3v) is 5.15. The van der Waals surface area contributed by atoms with Gasteiger partial charge in [0.05, 0.1) is 23.1 Å². The number of H-pyrrole nitrogens is 1. The molecule has 0 unspecified atom stereocenters. The Morgan fingerprint density at radius 3 is 2.45 bits per heavy atom. The van der Waals surface area contributed by atoms with Crippen molar-refractivity contribution in [1.82, 2.24) is 9.97 Å². The molecule has 8 heteroatoms. The van der Waals surface area contributed by atoms with Crippen molar-refractivity contribution in [3.05, 3.63) is 81.4 Å². The summed E-state index contributed by atoms with van der Waals surface area (Å²) in [5.41, 5.74) is 5.81. The van der Waals surface area contributed by atoms with E-state index in [9.17, 15) is 14.9 Å². The topological polar surface area (TPSA) is 110 Å². The minimum absolute atomic E-state index is 0.0309. The number of aromatic amines is 1. The summed E-state index contributed by atoms with van der Waals surface area (Å²) in [5.74, 6) is 0.386. The van der Waals surface area contributed by atoms with Crippen molar-refractivity contribution in [2.24, 2.45) is 0 Å². The number of carbonyl (C=O) groups is 1. The number of imidazole rings is 1. The number of amides is 1. The molecule has 0 aliphatic carbocycles. The number of benzene rings is 3. The van der Waals surface area contributed by atoms with Gasteiger partial charge in [0.25, 0.3) is 5.91 Å². The van der Waals surface area contributed by atoms with Crippen LogP contribution in [0.5, 0.6) is 5.75 Å². The van der Waals surface area contributed by atoms with Crippen molar-refractivity contribution in [2.75, 3.05) is 12.4 Å². The summed E-state index contributed by atoms with van der Waals surface area (Å²) >= 11 is 0. The van der Waals surface area contributed by atoms with Crippen LogP contribution in [0.4, 0.5) is 11.4 Å². The van der Waals surface area contributed by atoms with Gasteiger partial charge in [-0.25, -0.2) is 4.98 Å². The monoisotopic (exact) mass is 416 g/mol. The lowest BCUT2D eigenvalue weighted by Gasteiger charge is -2.08. The highest BCUT2D eigenvalue weighted by atomic mass is 16.6. The highest BCUT2D eigenvalue weighted by molar-refractivity contribution is 6.04. The summed E-state index contributed by atoms with van der Waals surface area (Å²) in [6.45, 7) is 4.12. The first-order valence-corrected chi connectivity index (χ1v) is 9.57. The number of rotatable bonds is 5. The summed E-state index contributed by atoms with van der Waals surface area (Å²) in [5, 5.41) is 13.8. The quantitative estimate of drug-likeness (QED) is 0.351. The van der Waals surface area contributed by atoms with E-state index in [0.29, 0.717) is 5.69 Å². The summed E-state index contributed by atoms with van der Waals surface area (Å²) in [7, 11) is 1.32. The van der Waals surface area contributed by atoms with Crippen molar-refractivity contribution >= 4 is 28.3 Å². The van der Waals surface area contributed by atoms with Crippen LogP contribution in [0.1, 0.15) is 21.5 Å². The third kappa shape index (κ3) is 3.95. The van der Waals surface area contributed by atoms with E-state index in [-0.39, 0.29) is 17.0 Å². The lowest BCUT2D eigenvalue weighted by atomic mass is 10.1. The number of anilines is 1. The van der Waals surface area contributed by atoms with Crippen molar-refractivity contribution in [1.29, 1.82) is 0 Å². The molecule has 1 aromatic heterocycles. The molecular weight excluding hydrogens is 396 g/mol. The number of aryl methyl sites for hydroxylation is 2. The van der Waals surface area contributed by atoms with E-state index in [0.717, 1.165) is 22.4 Å². The number of hydrogen-bond acceptors (Lipinski definition) is 5. The van der Waals surface area contributed by atoms with Crippen LogP contribution in [0.3, 0.4) is 0 Å². The second kappa shape index (κ2) is 7.91. The van der Waals surface area contributed by atoms with E-state index < -0.39 is 10.8 Å². The van der Waals surface area contributed by atoms with Crippen molar-refractivity contribution in [3.63, 3.8) is 0 Å². The largest absolute Gasteiger partial charge is 0.490 e. The Bertz CT molecular complexity index is 1270. The smallest absolute Gasteiger partial charge is 0.310 e. The number of nitrogens with zero attached hydrogens (tertiary/aromatic N) is 2. The van der Waals surface area contributed by atoms with E-state index in [1.807, 2.05) is 12.1 Å². The Morgan fingerprint density at radius 1 is 1.06 bits per heavy atom. The van der Waals surface area contributed by atoms with Gasteiger partial charge < -0.3 is 15.0 Å². The first kappa shape index (κ1) is 20.1. The number of aromatic nitrogens is 2. The van der Waals surface area contributed by atoms with Gasteiger partial charge >= 0.3 is 5.69 Å². The maximum absolute atomic E-state index is 12.5. The van der Waals surface area contributed by atoms with Crippen LogP contribution in [0.15, 0.2) is 54.6 Å². The molecule has 0 fully saturated rings. The minimum Gasteiger partial charge on any atom is -0.490 e. The zero-order chi connectivity index (χ0) is 22.1. The molecule has 8 nitrogen and oxygen atoms in total. The van der Waals surface area contributed by atoms with Crippen LogP contribution in [0, 0.1) is 24.0 Å². The molecule has 1 heterocycles. The fourth-order valence-electron chi connectivity index (χ4n) is 3.29. The molecule has 0 spiro atoms.